The van der Waals surface area contributed by atoms with E-state index < -0.39 is 11.7 Å². The van der Waals surface area contributed by atoms with Gasteiger partial charge in [-0.05, 0) is 25.7 Å². The highest BCUT2D eigenvalue weighted by molar-refractivity contribution is 6.42. The van der Waals surface area contributed by atoms with Crippen LogP contribution in [0.2, 0.25) is 0 Å². The van der Waals surface area contributed by atoms with Crippen molar-refractivity contribution < 1.29 is 9.59 Å². The number of amides is 1. The normalized spacial score (nSPS) is 16.5. The third-order valence-electron chi connectivity index (χ3n) is 4.12. The minimum absolute atomic E-state index is 0.328. The van der Waals surface area contributed by atoms with Crippen LogP contribution in [-0.2, 0) is 4.79 Å². The van der Waals surface area contributed by atoms with Gasteiger partial charge in [-0.2, -0.15) is 0 Å². The molecule has 1 aromatic rings. The van der Waals surface area contributed by atoms with Gasteiger partial charge in [0.25, 0.3) is 5.91 Å². The molecule has 21 heavy (non-hydrogen) atoms. The molecule has 1 amide bonds. The molecule has 1 aliphatic heterocycles. The summed E-state index contributed by atoms with van der Waals surface area (Å²) in [7, 11) is 0. The molecule has 3 heteroatoms. The molecular weight excluding hydrogens is 262 g/mol. The molecule has 0 bridgehead atoms. The van der Waals surface area contributed by atoms with E-state index >= 15 is 0 Å². The van der Waals surface area contributed by atoms with Crippen LogP contribution in [0.4, 0.5) is 0 Å². The van der Waals surface area contributed by atoms with Gasteiger partial charge in [-0.3, -0.25) is 9.59 Å². The van der Waals surface area contributed by atoms with E-state index in [9.17, 15) is 9.59 Å². The van der Waals surface area contributed by atoms with Crippen molar-refractivity contribution in [3.05, 3.63) is 61.2 Å². The summed E-state index contributed by atoms with van der Waals surface area (Å²) in [5.41, 5.74) is 0.117. The second-order valence-corrected chi connectivity index (χ2v) is 5.47. The monoisotopic (exact) mass is 283 g/mol. The molecule has 1 saturated heterocycles. The maximum Gasteiger partial charge on any atom is 0.295 e. The third-order valence-corrected chi connectivity index (χ3v) is 4.12. The zero-order chi connectivity index (χ0) is 15.3. The summed E-state index contributed by atoms with van der Waals surface area (Å²) < 4.78 is 0. The van der Waals surface area contributed by atoms with Crippen molar-refractivity contribution in [2.24, 2.45) is 0 Å². The van der Waals surface area contributed by atoms with Crippen LogP contribution in [0.25, 0.3) is 0 Å². The van der Waals surface area contributed by atoms with E-state index in [0.717, 1.165) is 12.8 Å². The molecule has 0 aromatic heterocycles. The van der Waals surface area contributed by atoms with E-state index in [0.29, 0.717) is 24.9 Å². The van der Waals surface area contributed by atoms with Crippen molar-refractivity contribution in [2.45, 2.75) is 31.2 Å². The summed E-state index contributed by atoms with van der Waals surface area (Å²) in [6.45, 7) is 8.21. The van der Waals surface area contributed by atoms with Crippen LogP contribution in [0.3, 0.4) is 0 Å². The van der Waals surface area contributed by atoms with Crippen molar-refractivity contribution in [3.63, 3.8) is 0 Å². The number of carbonyl (C=O) groups is 2. The molecular formula is C18H21NO2. The average Bonchev–Trinajstić information content (AvgIpc) is 2.91. The van der Waals surface area contributed by atoms with E-state index in [2.05, 4.69) is 13.2 Å². The predicted molar refractivity (Wildman–Crippen MR) is 84.1 cm³/mol. The summed E-state index contributed by atoms with van der Waals surface area (Å²) in [6, 6.07) is 8.73. The number of hydrogen-bond acceptors (Lipinski definition) is 2. The zero-order valence-corrected chi connectivity index (χ0v) is 12.3. The van der Waals surface area contributed by atoms with Crippen LogP contribution in [0.1, 0.15) is 36.0 Å². The standard InChI is InChI=1S/C18H21NO2/c1-3-11-18(12-4-2)13-8-14-19(18)17(21)16(20)15-9-6-5-7-10-15/h3-7,9-10H,1-2,8,11-14H2. The topological polar surface area (TPSA) is 37.4 Å². The van der Waals surface area contributed by atoms with Crippen molar-refractivity contribution in [1.29, 1.82) is 0 Å². The largest absolute Gasteiger partial charge is 0.329 e. The Morgan fingerprint density at radius 3 is 2.33 bits per heavy atom. The summed E-state index contributed by atoms with van der Waals surface area (Å²) in [4.78, 5) is 26.7. The quantitative estimate of drug-likeness (QED) is 0.456. The second-order valence-electron chi connectivity index (χ2n) is 5.47. The first-order chi connectivity index (χ1) is 10.1. The number of likely N-dealkylation sites (tertiary alicyclic amines) is 1. The van der Waals surface area contributed by atoms with Crippen LogP contribution in [0.15, 0.2) is 55.6 Å². The van der Waals surface area contributed by atoms with Gasteiger partial charge in [0.1, 0.15) is 0 Å². The first-order valence-corrected chi connectivity index (χ1v) is 7.28. The van der Waals surface area contributed by atoms with E-state index in [-0.39, 0.29) is 5.54 Å². The molecule has 1 fully saturated rings. The number of benzene rings is 1. The Morgan fingerprint density at radius 2 is 1.76 bits per heavy atom. The molecule has 2 rings (SSSR count). The van der Waals surface area contributed by atoms with Gasteiger partial charge in [-0.15, -0.1) is 13.2 Å². The average molecular weight is 283 g/mol. The molecule has 0 aliphatic carbocycles. The Balaban J connectivity index is 2.26. The SMILES string of the molecule is C=CCC1(CC=C)CCCN1C(=O)C(=O)c1ccccc1. The lowest BCUT2D eigenvalue weighted by molar-refractivity contribution is -0.130. The summed E-state index contributed by atoms with van der Waals surface area (Å²) in [6.07, 6.45) is 6.82. The summed E-state index contributed by atoms with van der Waals surface area (Å²) in [5.74, 6) is -0.850. The van der Waals surface area contributed by atoms with E-state index in [1.807, 2.05) is 18.2 Å². The minimum atomic E-state index is -0.435. The first-order valence-electron chi connectivity index (χ1n) is 7.28. The predicted octanol–water partition coefficient (Wildman–Crippen LogP) is 3.38. The van der Waals surface area contributed by atoms with Crippen LogP contribution in [0, 0.1) is 0 Å². The van der Waals surface area contributed by atoms with Crippen LogP contribution >= 0.6 is 0 Å². The maximum absolute atomic E-state index is 12.6. The fraction of sp³-hybridized carbons (Fsp3) is 0.333. The van der Waals surface area contributed by atoms with Crippen molar-refractivity contribution in [3.8, 4) is 0 Å². The van der Waals surface area contributed by atoms with Gasteiger partial charge < -0.3 is 4.90 Å². The van der Waals surface area contributed by atoms with Crippen LogP contribution in [-0.4, -0.2) is 28.7 Å². The third kappa shape index (κ3) is 2.97. The van der Waals surface area contributed by atoms with Crippen LogP contribution < -0.4 is 0 Å². The molecule has 0 unspecified atom stereocenters. The molecule has 110 valence electrons. The lowest BCUT2D eigenvalue weighted by Crippen LogP contribution is -2.49. The van der Waals surface area contributed by atoms with Crippen molar-refractivity contribution in [1.82, 2.24) is 4.90 Å². The van der Waals surface area contributed by atoms with E-state index in [4.69, 9.17) is 0 Å². The van der Waals surface area contributed by atoms with E-state index in [1.54, 1.807) is 29.2 Å². The minimum Gasteiger partial charge on any atom is -0.329 e. The number of ketones is 1. The van der Waals surface area contributed by atoms with Crippen molar-refractivity contribution in [2.75, 3.05) is 6.54 Å². The Hall–Kier alpha value is -2.16. The number of hydrogen-bond donors (Lipinski definition) is 0. The smallest absolute Gasteiger partial charge is 0.295 e. The molecule has 0 N–H and O–H groups in total. The number of rotatable bonds is 6. The first kappa shape index (κ1) is 15.2. The maximum atomic E-state index is 12.6. The number of carbonyl (C=O) groups excluding carboxylic acids is 2. The Labute approximate surface area is 126 Å². The fourth-order valence-electron chi connectivity index (χ4n) is 3.14. The van der Waals surface area contributed by atoms with Gasteiger partial charge in [0.05, 0.1) is 5.54 Å². The molecule has 1 aliphatic rings. The lowest BCUT2D eigenvalue weighted by Gasteiger charge is -2.37. The fourth-order valence-corrected chi connectivity index (χ4v) is 3.14. The van der Waals surface area contributed by atoms with Gasteiger partial charge in [-0.25, -0.2) is 0 Å². The summed E-state index contributed by atoms with van der Waals surface area (Å²) >= 11 is 0. The molecule has 1 heterocycles. The molecule has 0 spiro atoms. The Kier molecular flexibility index (Phi) is 4.73. The lowest BCUT2D eigenvalue weighted by atomic mass is 9.87. The van der Waals surface area contributed by atoms with Gasteiger partial charge in [0.15, 0.2) is 0 Å². The van der Waals surface area contributed by atoms with E-state index in [1.165, 1.54) is 0 Å². The van der Waals surface area contributed by atoms with Gasteiger partial charge in [-0.1, -0.05) is 42.5 Å². The van der Waals surface area contributed by atoms with Gasteiger partial charge >= 0.3 is 0 Å². The molecule has 0 saturated carbocycles. The second kappa shape index (κ2) is 6.53. The number of nitrogens with zero attached hydrogens (tertiary/aromatic N) is 1. The molecule has 0 atom stereocenters. The molecule has 1 aromatic carbocycles. The summed E-state index contributed by atoms with van der Waals surface area (Å²) in [5, 5.41) is 0. The van der Waals surface area contributed by atoms with Crippen molar-refractivity contribution >= 4 is 11.7 Å². The molecule has 0 radical (unpaired) electrons. The zero-order valence-electron chi connectivity index (χ0n) is 12.3. The van der Waals surface area contributed by atoms with Gasteiger partial charge in [0, 0.05) is 12.1 Å². The Bertz CT molecular complexity index is 538. The molecule has 3 nitrogen and oxygen atoms in total. The highest BCUT2D eigenvalue weighted by Crippen LogP contribution is 2.36. The highest BCUT2D eigenvalue weighted by atomic mass is 16.2. The van der Waals surface area contributed by atoms with Gasteiger partial charge in [0.2, 0.25) is 5.78 Å². The number of Topliss-reactive ketones (excluding diaryl/α,β-unsaturated/α-hetero) is 1. The highest BCUT2D eigenvalue weighted by Gasteiger charge is 2.43. The Morgan fingerprint density at radius 1 is 1.14 bits per heavy atom. The van der Waals surface area contributed by atoms with Crippen LogP contribution in [0.5, 0.6) is 0 Å².